The van der Waals surface area contributed by atoms with Crippen LogP contribution in [0.1, 0.15) is 30.5 Å². The van der Waals surface area contributed by atoms with E-state index in [2.05, 4.69) is 0 Å². The predicted octanol–water partition coefficient (Wildman–Crippen LogP) is 2.62. The van der Waals surface area contributed by atoms with E-state index >= 15 is 0 Å². The average Bonchev–Trinajstić information content (AvgIpc) is 2.09. The van der Waals surface area contributed by atoms with Crippen molar-refractivity contribution in [2.24, 2.45) is 0 Å². The molecule has 0 atom stereocenters. The first-order valence-electron chi connectivity index (χ1n) is 4.61. The van der Waals surface area contributed by atoms with Gasteiger partial charge in [0.2, 0.25) is 0 Å². The molecule has 0 bridgehead atoms. The van der Waals surface area contributed by atoms with Crippen LogP contribution in [0.25, 0.3) is 0 Å². The summed E-state index contributed by atoms with van der Waals surface area (Å²) in [6.07, 6.45) is 0. The Bertz CT molecular complexity index is 340. The Balaban J connectivity index is 3.18. The molecule has 1 aromatic rings. The number of rotatable bonds is 3. The Kier molecular flexibility index (Phi) is 2.94. The van der Waals surface area contributed by atoms with Gasteiger partial charge in [-0.2, -0.15) is 0 Å². The first-order valence-corrected chi connectivity index (χ1v) is 4.61. The summed E-state index contributed by atoms with van der Waals surface area (Å²) < 4.78 is 4.95. The highest BCUT2D eigenvalue weighted by atomic mass is 16.5. The van der Waals surface area contributed by atoms with Crippen molar-refractivity contribution >= 4 is 6.47 Å². The van der Waals surface area contributed by atoms with Gasteiger partial charge in [-0.05, 0) is 44.4 Å². The normalized spacial score (nSPS) is 11.1. The standard InChI is InChI=1S/C12H15O2/c1-9-6-5-7-11(10(9)2)12(3,4)14-8-13/h5-7H,1-4H3. The summed E-state index contributed by atoms with van der Waals surface area (Å²) in [6.45, 7) is 9.29. The Hall–Kier alpha value is -1.31. The van der Waals surface area contributed by atoms with Crippen LogP contribution in [0.5, 0.6) is 0 Å². The van der Waals surface area contributed by atoms with E-state index in [1.807, 2.05) is 45.9 Å². The van der Waals surface area contributed by atoms with Crippen LogP contribution in [-0.4, -0.2) is 6.47 Å². The van der Waals surface area contributed by atoms with E-state index < -0.39 is 5.60 Å². The maximum absolute atomic E-state index is 10.2. The van der Waals surface area contributed by atoms with Crippen molar-refractivity contribution in [3.8, 4) is 0 Å². The van der Waals surface area contributed by atoms with Gasteiger partial charge in [0.1, 0.15) is 5.60 Å². The topological polar surface area (TPSA) is 26.3 Å². The van der Waals surface area contributed by atoms with Crippen molar-refractivity contribution in [1.29, 1.82) is 0 Å². The SMILES string of the molecule is Cc1cccc(C(C)(C)O[C]=O)c1C. The summed E-state index contributed by atoms with van der Waals surface area (Å²) in [5, 5.41) is 0. The molecule has 2 heteroatoms. The third kappa shape index (κ3) is 1.95. The predicted molar refractivity (Wildman–Crippen MR) is 55.7 cm³/mol. The number of carbonyl (C=O) groups excluding carboxylic acids is 1. The summed E-state index contributed by atoms with van der Waals surface area (Å²) >= 11 is 0. The third-order valence-corrected chi connectivity index (χ3v) is 2.55. The highest BCUT2D eigenvalue weighted by Crippen LogP contribution is 2.28. The van der Waals surface area contributed by atoms with Crippen molar-refractivity contribution < 1.29 is 9.53 Å². The van der Waals surface area contributed by atoms with Crippen molar-refractivity contribution in [2.75, 3.05) is 0 Å². The van der Waals surface area contributed by atoms with Gasteiger partial charge in [-0.1, -0.05) is 18.2 Å². The van der Waals surface area contributed by atoms with Gasteiger partial charge in [-0.15, -0.1) is 0 Å². The zero-order valence-corrected chi connectivity index (χ0v) is 9.05. The van der Waals surface area contributed by atoms with Crippen LogP contribution in [0.15, 0.2) is 18.2 Å². The van der Waals surface area contributed by atoms with Gasteiger partial charge in [-0.3, -0.25) is 0 Å². The Labute approximate surface area is 84.9 Å². The van der Waals surface area contributed by atoms with Gasteiger partial charge in [0.15, 0.2) is 0 Å². The lowest BCUT2D eigenvalue weighted by molar-refractivity contribution is 0.0871. The summed E-state index contributed by atoms with van der Waals surface area (Å²) in [4.78, 5) is 10.2. The van der Waals surface area contributed by atoms with Crippen molar-refractivity contribution in [3.05, 3.63) is 34.9 Å². The fourth-order valence-corrected chi connectivity index (χ4v) is 1.56. The average molecular weight is 191 g/mol. The third-order valence-electron chi connectivity index (χ3n) is 2.55. The number of aryl methyl sites for hydroxylation is 1. The van der Waals surface area contributed by atoms with E-state index in [0.717, 1.165) is 11.1 Å². The summed E-state index contributed by atoms with van der Waals surface area (Å²) in [6, 6.07) is 5.98. The minimum atomic E-state index is -0.599. The Morgan fingerprint density at radius 2 is 1.93 bits per heavy atom. The van der Waals surface area contributed by atoms with E-state index in [9.17, 15) is 4.79 Å². The molecule has 1 aromatic carbocycles. The summed E-state index contributed by atoms with van der Waals surface area (Å²) in [7, 11) is 0. The fourth-order valence-electron chi connectivity index (χ4n) is 1.56. The van der Waals surface area contributed by atoms with Gasteiger partial charge in [0.25, 0.3) is 0 Å². The zero-order valence-electron chi connectivity index (χ0n) is 9.05. The smallest absolute Gasteiger partial charge is 0.418 e. The quantitative estimate of drug-likeness (QED) is 0.734. The Morgan fingerprint density at radius 1 is 1.29 bits per heavy atom. The molecule has 1 radical (unpaired) electrons. The molecule has 75 valence electrons. The minimum Gasteiger partial charge on any atom is -0.446 e. The maximum Gasteiger partial charge on any atom is 0.418 e. The van der Waals surface area contributed by atoms with Gasteiger partial charge in [0.05, 0.1) is 0 Å². The summed E-state index contributed by atoms with van der Waals surface area (Å²) in [5.74, 6) is 0. The van der Waals surface area contributed by atoms with Crippen LogP contribution in [0.2, 0.25) is 0 Å². The molecule has 0 N–H and O–H groups in total. The second-order valence-electron chi connectivity index (χ2n) is 3.94. The molecular formula is C12H15O2. The van der Waals surface area contributed by atoms with Crippen LogP contribution in [0, 0.1) is 13.8 Å². The maximum atomic E-state index is 10.2. The Morgan fingerprint density at radius 3 is 2.50 bits per heavy atom. The summed E-state index contributed by atoms with van der Waals surface area (Å²) in [5.41, 5.74) is 2.79. The van der Waals surface area contributed by atoms with Crippen LogP contribution in [-0.2, 0) is 15.1 Å². The molecule has 2 nitrogen and oxygen atoms in total. The van der Waals surface area contributed by atoms with Crippen molar-refractivity contribution in [3.63, 3.8) is 0 Å². The first-order chi connectivity index (χ1) is 6.49. The van der Waals surface area contributed by atoms with Gasteiger partial charge in [0, 0.05) is 0 Å². The van der Waals surface area contributed by atoms with Gasteiger partial charge in [-0.25, -0.2) is 4.79 Å². The fraction of sp³-hybridized carbons (Fsp3) is 0.417. The molecule has 0 aromatic heterocycles. The molecule has 0 saturated carbocycles. The highest BCUT2D eigenvalue weighted by molar-refractivity contribution is 5.43. The molecule has 0 spiro atoms. The molecule has 0 aliphatic heterocycles. The molecule has 14 heavy (non-hydrogen) atoms. The second kappa shape index (κ2) is 3.82. The lowest BCUT2D eigenvalue weighted by Crippen LogP contribution is -2.22. The van der Waals surface area contributed by atoms with E-state index in [1.54, 1.807) is 0 Å². The highest BCUT2D eigenvalue weighted by Gasteiger charge is 2.24. The van der Waals surface area contributed by atoms with E-state index in [-0.39, 0.29) is 0 Å². The number of benzene rings is 1. The number of hydrogen-bond acceptors (Lipinski definition) is 2. The lowest BCUT2D eigenvalue weighted by Gasteiger charge is -2.25. The molecule has 0 fully saturated rings. The van der Waals surface area contributed by atoms with Crippen molar-refractivity contribution in [2.45, 2.75) is 33.3 Å². The van der Waals surface area contributed by atoms with Crippen LogP contribution in [0.3, 0.4) is 0 Å². The second-order valence-corrected chi connectivity index (χ2v) is 3.94. The van der Waals surface area contributed by atoms with E-state index in [1.165, 1.54) is 12.0 Å². The molecule has 1 rings (SSSR count). The molecular weight excluding hydrogens is 176 g/mol. The van der Waals surface area contributed by atoms with E-state index in [0.29, 0.717) is 0 Å². The molecule has 0 heterocycles. The van der Waals surface area contributed by atoms with Gasteiger partial charge < -0.3 is 4.74 Å². The number of ether oxygens (including phenoxy) is 1. The molecule has 0 aliphatic rings. The molecule has 0 saturated heterocycles. The monoisotopic (exact) mass is 191 g/mol. The van der Waals surface area contributed by atoms with Crippen LogP contribution in [0.4, 0.5) is 0 Å². The number of hydrogen-bond donors (Lipinski definition) is 0. The van der Waals surface area contributed by atoms with Crippen LogP contribution < -0.4 is 0 Å². The molecule has 0 unspecified atom stereocenters. The largest absolute Gasteiger partial charge is 0.446 e. The zero-order chi connectivity index (χ0) is 10.8. The van der Waals surface area contributed by atoms with Crippen LogP contribution >= 0.6 is 0 Å². The van der Waals surface area contributed by atoms with Gasteiger partial charge >= 0.3 is 6.47 Å². The molecule has 0 aliphatic carbocycles. The molecule has 0 amide bonds. The minimum absolute atomic E-state index is 0.599. The van der Waals surface area contributed by atoms with E-state index in [4.69, 9.17) is 4.74 Å². The first kappa shape index (κ1) is 10.8. The lowest BCUT2D eigenvalue weighted by atomic mass is 9.91. The van der Waals surface area contributed by atoms with Crippen molar-refractivity contribution in [1.82, 2.24) is 0 Å².